The Balaban J connectivity index is 1.76. The summed E-state index contributed by atoms with van der Waals surface area (Å²) < 4.78 is 5.36. The third kappa shape index (κ3) is 4.30. The number of aromatic nitrogens is 2. The van der Waals surface area contributed by atoms with E-state index < -0.39 is 5.91 Å². The molecule has 8 nitrogen and oxygen atoms in total. The molecule has 0 fully saturated rings. The van der Waals surface area contributed by atoms with Gasteiger partial charge >= 0.3 is 0 Å². The molecular formula is C19H19N5O3. The summed E-state index contributed by atoms with van der Waals surface area (Å²) in [6.07, 6.45) is -0.0838. The molecule has 0 bridgehead atoms. The molecule has 138 valence electrons. The predicted molar refractivity (Wildman–Crippen MR) is 104 cm³/mol. The normalized spacial score (nSPS) is 11.4. The Bertz CT molecular complexity index is 1040. The van der Waals surface area contributed by atoms with Crippen molar-refractivity contribution in [2.24, 2.45) is 10.9 Å². The van der Waals surface area contributed by atoms with Crippen molar-refractivity contribution >= 4 is 28.3 Å². The first-order valence-electron chi connectivity index (χ1n) is 8.39. The lowest BCUT2D eigenvalue weighted by molar-refractivity contribution is -0.110. The number of benzene rings is 2. The number of hydrogen-bond acceptors (Lipinski definition) is 6. The first-order valence-corrected chi connectivity index (χ1v) is 8.39. The van der Waals surface area contributed by atoms with Crippen LogP contribution < -0.4 is 21.5 Å². The molecule has 0 spiro atoms. The van der Waals surface area contributed by atoms with Crippen LogP contribution in [-0.2, 0) is 11.2 Å². The number of H-pyrrole nitrogens is 1. The standard InChI is InChI=1S/C19H19N5O3/c1-2-27-13-9-7-12(8-10-13)21-19(26)17(24-20)11-16-18(25)23-15-6-4-3-5-14(15)22-16/h3-10H,2,11,20H2,1H3,(H,21,26)(H,23,25)/b24-17+. The molecule has 1 heterocycles. The van der Waals surface area contributed by atoms with E-state index in [1.807, 2.05) is 13.0 Å². The van der Waals surface area contributed by atoms with Gasteiger partial charge in [-0.05, 0) is 43.3 Å². The number of amides is 1. The van der Waals surface area contributed by atoms with Crippen LogP contribution in [0.1, 0.15) is 12.6 Å². The van der Waals surface area contributed by atoms with Gasteiger partial charge < -0.3 is 20.9 Å². The molecule has 0 radical (unpaired) electrons. The van der Waals surface area contributed by atoms with E-state index in [1.165, 1.54) is 0 Å². The number of ether oxygens (including phenoxy) is 1. The zero-order chi connectivity index (χ0) is 19.2. The maximum Gasteiger partial charge on any atom is 0.272 e. The number of carbonyl (C=O) groups excluding carboxylic acids is 1. The highest BCUT2D eigenvalue weighted by Gasteiger charge is 2.16. The lowest BCUT2D eigenvalue weighted by atomic mass is 10.2. The molecule has 3 rings (SSSR count). The quantitative estimate of drug-likeness (QED) is 0.349. The number of nitrogens with two attached hydrogens (primary N) is 1. The van der Waals surface area contributed by atoms with E-state index in [9.17, 15) is 9.59 Å². The number of nitrogens with zero attached hydrogens (tertiary/aromatic N) is 2. The molecule has 1 amide bonds. The van der Waals surface area contributed by atoms with Gasteiger partial charge in [-0.3, -0.25) is 9.59 Å². The molecule has 1 aromatic heterocycles. The number of hydrogen-bond donors (Lipinski definition) is 3. The number of carbonyl (C=O) groups is 1. The fourth-order valence-electron chi connectivity index (χ4n) is 2.53. The minimum absolute atomic E-state index is 0.00262. The lowest BCUT2D eigenvalue weighted by Gasteiger charge is -2.08. The summed E-state index contributed by atoms with van der Waals surface area (Å²) in [6.45, 7) is 2.45. The molecule has 0 aliphatic heterocycles. The molecular weight excluding hydrogens is 346 g/mol. The fourth-order valence-corrected chi connectivity index (χ4v) is 2.53. The van der Waals surface area contributed by atoms with E-state index in [-0.39, 0.29) is 23.4 Å². The Morgan fingerprint density at radius 3 is 2.67 bits per heavy atom. The third-order valence-corrected chi connectivity index (χ3v) is 3.85. The topological polar surface area (TPSA) is 122 Å². The molecule has 0 unspecified atom stereocenters. The lowest BCUT2D eigenvalue weighted by Crippen LogP contribution is -2.29. The summed E-state index contributed by atoms with van der Waals surface area (Å²) >= 11 is 0. The molecule has 2 aromatic carbocycles. The van der Waals surface area contributed by atoms with Crippen LogP contribution in [0.3, 0.4) is 0 Å². The molecule has 27 heavy (non-hydrogen) atoms. The van der Waals surface area contributed by atoms with Crippen molar-refractivity contribution in [1.29, 1.82) is 0 Å². The summed E-state index contributed by atoms with van der Waals surface area (Å²) in [4.78, 5) is 31.7. The van der Waals surface area contributed by atoms with Gasteiger partial charge in [0.25, 0.3) is 11.5 Å². The van der Waals surface area contributed by atoms with Crippen molar-refractivity contribution in [2.75, 3.05) is 11.9 Å². The summed E-state index contributed by atoms with van der Waals surface area (Å²) in [7, 11) is 0. The van der Waals surface area contributed by atoms with E-state index in [2.05, 4.69) is 20.4 Å². The first-order chi connectivity index (χ1) is 13.1. The molecule has 0 atom stereocenters. The minimum atomic E-state index is -0.504. The number of hydrazone groups is 1. The van der Waals surface area contributed by atoms with Crippen LogP contribution in [0.5, 0.6) is 5.75 Å². The Labute approximate surface area is 155 Å². The Kier molecular flexibility index (Phi) is 5.46. The van der Waals surface area contributed by atoms with Crippen molar-refractivity contribution in [3.05, 3.63) is 64.6 Å². The van der Waals surface area contributed by atoms with Gasteiger partial charge in [0.1, 0.15) is 17.2 Å². The average Bonchev–Trinajstić information content (AvgIpc) is 2.68. The number of aromatic amines is 1. The van der Waals surface area contributed by atoms with Crippen LogP contribution in [-0.4, -0.2) is 28.2 Å². The van der Waals surface area contributed by atoms with Gasteiger partial charge in [0.15, 0.2) is 0 Å². The van der Waals surface area contributed by atoms with Crippen molar-refractivity contribution < 1.29 is 9.53 Å². The monoisotopic (exact) mass is 365 g/mol. The van der Waals surface area contributed by atoms with Crippen LogP contribution in [0, 0.1) is 0 Å². The molecule has 0 aliphatic carbocycles. The number of para-hydroxylation sites is 2. The van der Waals surface area contributed by atoms with Crippen LogP contribution in [0.2, 0.25) is 0 Å². The first kappa shape index (κ1) is 18.1. The van der Waals surface area contributed by atoms with Crippen LogP contribution >= 0.6 is 0 Å². The highest BCUT2D eigenvalue weighted by molar-refractivity contribution is 6.43. The maximum absolute atomic E-state index is 12.4. The van der Waals surface area contributed by atoms with Gasteiger partial charge in [-0.25, -0.2) is 4.98 Å². The molecule has 0 saturated heterocycles. The van der Waals surface area contributed by atoms with Gasteiger partial charge in [-0.2, -0.15) is 5.10 Å². The smallest absolute Gasteiger partial charge is 0.272 e. The maximum atomic E-state index is 12.4. The summed E-state index contributed by atoms with van der Waals surface area (Å²) in [5.41, 5.74) is 1.58. The minimum Gasteiger partial charge on any atom is -0.494 e. The zero-order valence-electron chi connectivity index (χ0n) is 14.7. The van der Waals surface area contributed by atoms with Crippen LogP contribution in [0.25, 0.3) is 11.0 Å². The Hall–Kier alpha value is -3.68. The second-order valence-corrected chi connectivity index (χ2v) is 5.69. The molecule has 3 aromatic rings. The van der Waals surface area contributed by atoms with Crippen LogP contribution in [0.4, 0.5) is 5.69 Å². The van der Waals surface area contributed by atoms with E-state index >= 15 is 0 Å². The number of fused-ring (bicyclic) bond motifs is 1. The summed E-state index contributed by atoms with van der Waals surface area (Å²) in [5.74, 6) is 5.57. The summed E-state index contributed by atoms with van der Waals surface area (Å²) in [6, 6.07) is 14.0. The highest BCUT2D eigenvalue weighted by atomic mass is 16.5. The van der Waals surface area contributed by atoms with Gasteiger partial charge in [0.2, 0.25) is 0 Å². The van der Waals surface area contributed by atoms with Crippen molar-refractivity contribution in [3.8, 4) is 5.75 Å². The van der Waals surface area contributed by atoms with Gasteiger partial charge in [-0.1, -0.05) is 12.1 Å². The van der Waals surface area contributed by atoms with Crippen molar-refractivity contribution in [3.63, 3.8) is 0 Å². The third-order valence-electron chi connectivity index (χ3n) is 3.85. The fraction of sp³-hybridized carbons (Fsp3) is 0.158. The second-order valence-electron chi connectivity index (χ2n) is 5.69. The predicted octanol–water partition coefficient (Wildman–Crippen LogP) is 1.82. The largest absolute Gasteiger partial charge is 0.494 e. The Morgan fingerprint density at radius 1 is 1.22 bits per heavy atom. The van der Waals surface area contributed by atoms with Crippen molar-refractivity contribution in [1.82, 2.24) is 9.97 Å². The van der Waals surface area contributed by atoms with Gasteiger partial charge in [0.05, 0.1) is 17.6 Å². The van der Waals surface area contributed by atoms with E-state index in [1.54, 1.807) is 42.5 Å². The average molecular weight is 365 g/mol. The molecule has 0 saturated carbocycles. The van der Waals surface area contributed by atoms with E-state index in [4.69, 9.17) is 10.6 Å². The zero-order valence-corrected chi connectivity index (χ0v) is 14.7. The van der Waals surface area contributed by atoms with Crippen LogP contribution in [0.15, 0.2) is 58.4 Å². The molecule has 0 aliphatic rings. The van der Waals surface area contributed by atoms with Gasteiger partial charge in [0, 0.05) is 12.1 Å². The molecule has 4 N–H and O–H groups in total. The number of rotatable bonds is 6. The van der Waals surface area contributed by atoms with Crippen molar-refractivity contribution in [2.45, 2.75) is 13.3 Å². The number of anilines is 1. The highest BCUT2D eigenvalue weighted by Crippen LogP contribution is 2.15. The van der Waals surface area contributed by atoms with E-state index in [0.717, 1.165) is 0 Å². The number of nitrogens with one attached hydrogen (secondary N) is 2. The van der Waals surface area contributed by atoms with Gasteiger partial charge in [-0.15, -0.1) is 0 Å². The molecule has 8 heteroatoms. The second kappa shape index (κ2) is 8.13. The van der Waals surface area contributed by atoms with E-state index in [0.29, 0.717) is 29.1 Å². The summed E-state index contributed by atoms with van der Waals surface area (Å²) in [5, 5.41) is 6.23. The Morgan fingerprint density at radius 2 is 1.96 bits per heavy atom. The SMILES string of the molecule is CCOc1ccc(NC(=O)/C(Cc2nc3ccccc3[nH]c2=O)=N/N)cc1.